The summed E-state index contributed by atoms with van der Waals surface area (Å²) in [7, 11) is 0. The number of hydrogen-bond donors (Lipinski definition) is 2. The Bertz CT molecular complexity index is 967. The fourth-order valence-corrected chi connectivity index (χ4v) is 4.06. The molecule has 0 aliphatic carbocycles. The van der Waals surface area contributed by atoms with Crippen LogP contribution < -0.4 is 10.6 Å². The summed E-state index contributed by atoms with van der Waals surface area (Å²) in [5.74, 6) is -0.0625. The largest absolute Gasteiger partial charge is 0.326 e. The molecule has 29 heavy (non-hydrogen) atoms. The van der Waals surface area contributed by atoms with Crippen LogP contribution in [0.25, 0.3) is 11.3 Å². The average molecular weight is 407 g/mol. The quantitative estimate of drug-likeness (QED) is 0.660. The molecule has 0 spiro atoms. The number of aromatic nitrogens is 1. The Hall–Kier alpha value is -3.19. The van der Waals surface area contributed by atoms with Crippen molar-refractivity contribution in [2.45, 2.75) is 12.8 Å². The highest BCUT2D eigenvalue weighted by atomic mass is 32.1. The normalized spacial score (nSPS) is 14.4. The first-order valence-corrected chi connectivity index (χ1v) is 10.5. The lowest BCUT2D eigenvalue weighted by molar-refractivity contribution is -0.121. The van der Waals surface area contributed by atoms with E-state index in [-0.39, 0.29) is 17.9 Å². The van der Waals surface area contributed by atoms with Gasteiger partial charge in [-0.3, -0.25) is 10.1 Å². The van der Waals surface area contributed by atoms with Crippen molar-refractivity contribution in [1.82, 2.24) is 9.88 Å². The monoisotopic (exact) mass is 406 g/mol. The zero-order valence-corrected chi connectivity index (χ0v) is 16.7. The van der Waals surface area contributed by atoms with E-state index in [0.717, 1.165) is 16.9 Å². The molecule has 1 fully saturated rings. The molecule has 0 bridgehead atoms. The molecular formula is C22H22N4O2S. The Morgan fingerprint density at radius 1 is 0.931 bits per heavy atom. The minimum atomic E-state index is -0.166. The molecule has 4 rings (SSSR count). The number of rotatable bonds is 4. The number of piperidine rings is 1. The maximum atomic E-state index is 12.6. The molecule has 2 aromatic carbocycles. The fourth-order valence-electron chi connectivity index (χ4n) is 3.35. The van der Waals surface area contributed by atoms with Crippen LogP contribution in [-0.4, -0.2) is 34.9 Å². The molecule has 0 atom stereocenters. The number of urea groups is 1. The van der Waals surface area contributed by atoms with E-state index >= 15 is 0 Å². The van der Waals surface area contributed by atoms with Crippen molar-refractivity contribution in [3.8, 4) is 11.3 Å². The van der Waals surface area contributed by atoms with Crippen molar-refractivity contribution in [2.75, 3.05) is 23.7 Å². The third kappa shape index (κ3) is 4.81. The summed E-state index contributed by atoms with van der Waals surface area (Å²) >= 11 is 1.41. The second-order valence-electron chi connectivity index (χ2n) is 6.95. The van der Waals surface area contributed by atoms with Crippen LogP contribution in [-0.2, 0) is 4.79 Å². The molecule has 0 saturated carbocycles. The van der Waals surface area contributed by atoms with Crippen LogP contribution in [0.15, 0.2) is 66.0 Å². The van der Waals surface area contributed by atoms with Crippen LogP contribution in [0.2, 0.25) is 0 Å². The Morgan fingerprint density at radius 2 is 1.59 bits per heavy atom. The summed E-state index contributed by atoms with van der Waals surface area (Å²) in [6.45, 7) is 1.10. The summed E-state index contributed by atoms with van der Waals surface area (Å²) in [6.07, 6.45) is 1.30. The molecule has 3 amide bonds. The molecule has 1 aromatic heterocycles. The summed E-state index contributed by atoms with van der Waals surface area (Å²) in [5, 5.41) is 8.34. The number of nitrogens with zero attached hydrogens (tertiary/aromatic N) is 2. The van der Waals surface area contributed by atoms with Gasteiger partial charge in [-0.2, -0.15) is 0 Å². The predicted octanol–water partition coefficient (Wildman–Crippen LogP) is 4.69. The van der Waals surface area contributed by atoms with Crippen LogP contribution in [0.1, 0.15) is 12.8 Å². The highest BCUT2D eigenvalue weighted by Crippen LogP contribution is 2.25. The first-order chi connectivity index (χ1) is 14.2. The number of thiazole rings is 1. The molecule has 0 radical (unpaired) electrons. The van der Waals surface area contributed by atoms with Gasteiger partial charge in [0.1, 0.15) is 0 Å². The van der Waals surface area contributed by atoms with E-state index in [2.05, 4.69) is 15.6 Å². The molecule has 1 aliphatic heterocycles. The van der Waals surface area contributed by atoms with Crippen molar-refractivity contribution in [1.29, 1.82) is 0 Å². The number of carbonyl (C=O) groups excluding carboxylic acids is 2. The minimum Gasteiger partial charge on any atom is -0.326 e. The second-order valence-corrected chi connectivity index (χ2v) is 7.81. The van der Waals surface area contributed by atoms with E-state index in [9.17, 15) is 9.59 Å². The van der Waals surface area contributed by atoms with Gasteiger partial charge in [0.2, 0.25) is 5.91 Å². The number of hydrogen-bond acceptors (Lipinski definition) is 4. The van der Waals surface area contributed by atoms with Crippen molar-refractivity contribution >= 4 is 34.1 Å². The van der Waals surface area contributed by atoms with Crippen LogP contribution in [0.3, 0.4) is 0 Å². The predicted molar refractivity (Wildman–Crippen MR) is 116 cm³/mol. The third-order valence-corrected chi connectivity index (χ3v) is 5.74. The van der Waals surface area contributed by atoms with Crippen molar-refractivity contribution in [3.63, 3.8) is 0 Å². The second kappa shape index (κ2) is 8.87. The van der Waals surface area contributed by atoms with E-state index in [1.807, 2.05) is 66.0 Å². The topological polar surface area (TPSA) is 74.3 Å². The van der Waals surface area contributed by atoms with Crippen molar-refractivity contribution in [3.05, 3.63) is 66.0 Å². The molecule has 2 N–H and O–H groups in total. The number of anilines is 2. The van der Waals surface area contributed by atoms with E-state index < -0.39 is 0 Å². The van der Waals surface area contributed by atoms with E-state index in [0.29, 0.717) is 31.1 Å². The Labute approximate surface area is 173 Å². The smallest absolute Gasteiger partial charge is 0.323 e. The van der Waals surface area contributed by atoms with Gasteiger partial charge in [0.15, 0.2) is 5.13 Å². The lowest BCUT2D eigenvalue weighted by atomic mass is 9.96. The van der Waals surface area contributed by atoms with Crippen LogP contribution in [0, 0.1) is 5.92 Å². The molecule has 7 heteroatoms. The number of benzene rings is 2. The van der Waals surface area contributed by atoms with Gasteiger partial charge < -0.3 is 10.2 Å². The van der Waals surface area contributed by atoms with Gasteiger partial charge in [-0.1, -0.05) is 48.5 Å². The molecule has 2 heterocycles. The summed E-state index contributed by atoms with van der Waals surface area (Å²) in [4.78, 5) is 31.2. The maximum Gasteiger partial charge on any atom is 0.323 e. The average Bonchev–Trinajstić information content (AvgIpc) is 3.23. The first-order valence-electron chi connectivity index (χ1n) is 9.62. The lowest BCUT2D eigenvalue weighted by Crippen LogP contribution is -2.43. The van der Waals surface area contributed by atoms with Crippen molar-refractivity contribution < 1.29 is 9.59 Å². The van der Waals surface area contributed by atoms with E-state index in [4.69, 9.17) is 0 Å². The number of likely N-dealkylation sites (tertiary alicyclic amines) is 1. The summed E-state index contributed by atoms with van der Waals surface area (Å²) < 4.78 is 0. The summed E-state index contributed by atoms with van der Waals surface area (Å²) in [5.41, 5.74) is 2.67. The van der Waals surface area contributed by atoms with Gasteiger partial charge in [0.25, 0.3) is 0 Å². The van der Waals surface area contributed by atoms with Gasteiger partial charge in [0.05, 0.1) is 5.69 Å². The van der Waals surface area contributed by atoms with Gasteiger partial charge >= 0.3 is 6.03 Å². The standard InChI is InChI=1S/C22H22N4O2S/c27-20(23-18-9-5-2-6-10-18)17-11-13-26(14-12-17)22(28)25-21-24-19(15-29-21)16-7-3-1-4-8-16/h1-10,15,17H,11-14H2,(H,23,27)(H,24,25,28). The minimum absolute atomic E-state index is 0.0173. The third-order valence-electron chi connectivity index (χ3n) is 4.98. The number of carbonyl (C=O) groups is 2. The van der Waals surface area contributed by atoms with Crippen LogP contribution in [0.5, 0.6) is 0 Å². The van der Waals surface area contributed by atoms with E-state index in [1.165, 1.54) is 11.3 Å². The summed E-state index contributed by atoms with van der Waals surface area (Å²) in [6, 6.07) is 19.2. The Morgan fingerprint density at radius 3 is 2.28 bits per heavy atom. The van der Waals surface area contributed by atoms with Gasteiger partial charge in [-0.15, -0.1) is 11.3 Å². The van der Waals surface area contributed by atoms with Gasteiger partial charge in [-0.25, -0.2) is 9.78 Å². The molecule has 148 valence electrons. The molecule has 1 saturated heterocycles. The fraction of sp³-hybridized carbons (Fsp3) is 0.227. The molecule has 3 aromatic rings. The lowest BCUT2D eigenvalue weighted by Gasteiger charge is -2.31. The highest BCUT2D eigenvalue weighted by Gasteiger charge is 2.27. The highest BCUT2D eigenvalue weighted by molar-refractivity contribution is 7.14. The maximum absolute atomic E-state index is 12.6. The number of nitrogens with one attached hydrogen (secondary N) is 2. The van der Waals surface area contributed by atoms with E-state index in [1.54, 1.807) is 4.90 Å². The van der Waals surface area contributed by atoms with Gasteiger partial charge in [-0.05, 0) is 25.0 Å². The first kappa shape index (κ1) is 19.1. The molecule has 0 unspecified atom stereocenters. The number of amides is 3. The zero-order valence-electron chi connectivity index (χ0n) is 15.9. The van der Waals surface area contributed by atoms with Crippen LogP contribution in [0.4, 0.5) is 15.6 Å². The van der Waals surface area contributed by atoms with Gasteiger partial charge in [0, 0.05) is 35.6 Å². The molecular weight excluding hydrogens is 384 g/mol. The zero-order chi connectivity index (χ0) is 20.1. The molecule has 6 nitrogen and oxygen atoms in total. The SMILES string of the molecule is O=C(Nc1ccccc1)C1CCN(C(=O)Nc2nc(-c3ccccc3)cs2)CC1. The Kier molecular flexibility index (Phi) is 5.86. The molecule has 1 aliphatic rings. The van der Waals surface area contributed by atoms with Crippen LogP contribution >= 0.6 is 11.3 Å². The Balaban J connectivity index is 1.28. The van der Waals surface area contributed by atoms with Crippen molar-refractivity contribution in [2.24, 2.45) is 5.92 Å². The number of para-hydroxylation sites is 1.